The van der Waals surface area contributed by atoms with Crippen LogP contribution in [-0.2, 0) is 9.53 Å². The Morgan fingerprint density at radius 3 is 2.42 bits per heavy atom. The maximum absolute atomic E-state index is 10.7. The Morgan fingerprint density at radius 1 is 1.33 bits per heavy atom. The summed E-state index contributed by atoms with van der Waals surface area (Å²) >= 11 is 0. The zero-order valence-electron chi connectivity index (χ0n) is 7.80. The van der Waals surface area contributed by atoms with Crippen LogP contribution in [0.1, 0.15) is 39.5 Å². The third kappa shape index (κ3) is 1.18. The minimum atomic E-state index is -0.489. The summed E-state index contributed by atoms with van der Waals surface area (Å²) in [4.78, 5) is 10.7. The maximum Gasteiger partial charge on any atom is 0.151 e. The van der Waals surface area contributed by atoms with E-state index < -0.39 is 5.60 Å². The second-order valence-electron chi connectivity index (χ2n) is 4.62. The fraction of sp³-hybridized carbons (Fsp3) is 0.900. The van der Waals surface area contributed by atoms with Gasteiger partial charge in [0.05, 0.1) is 5.60 Å². The zero-order chi connectivity index (χ0) is 8.82. The summed E-state index contributed by atoms with van der Waals surface area (Å²) in [5.74, 6) is 0.722. The van der Waals surface area contributed by atoms with Crippen LogP contribution in [0.15, 0.2) is 0 Å². The largest absolute Gasteiger partial charge is 0.361 e. The number of rotatable bonds is 2. The standard InChI is InChI=1S/C10H16O2/c1-9(7-11)5-6-10(2,12-9)8-3-4-8/h7-8H,3-6H2,1-2H3. The highest BCUT2D eigenvalue weighted by molar-refractivity contribution is 5.62. The van der Waals surface area contributed by atoms with Crippen molar-refractivity contribution in [3.63, 3.8) is 0 Å². The number of aldehydes is 1. The van der Waals surface area contributed by atoms with Crippen molar-refractivity contribution in [2.75, 3.05) is 0 Å². The molecule has 12 heavy (non-hydrogen) atoms. The van der Waals surface area contributed by atoms with Crippen molar-refractivity contribution in [3.8, 4) is 0 Å². The van der Waals surface area contributed by atoms with E-state index in [-0.39, 0.29) is 5.60 Å². The van der Waals surface area contributed by atoms with Crippen molar-refractivity contribution in [2.24, 2.45) is 5.92 Å². The van der Waals surface area contributed by atoms with Gasteiger partial charge in [-0.05, 0) is 45.4 Å². The van der Waals surface area contributed by atoms with Crippen molar-refractivity contribution in [1.29, 1.82) is 0 Å². The van der Waals surface area contributed by atoms with Gasteiger partial charge in [0.15, 0.2) is 6.29 Å². The van der Waals surface area contributed by atoms with Gasteiger partial charge in [0.25, 0.3) is 0 Å². The van der Waals surface area contributed by atoms with E-state index in [2.05, 4.69) is 6.92 Å². The molecule has 0 amide bonds. The molecule has 1 saturated carbocycles. The Labute approximate surface area is 73.3 Å². The topological polar surface area (TPSA) is 26.3 Å². The summed E-state index contributed by atoms with van der Waals surface area (Å²) in [6.45, 7) is 4.05. The zero-order valence-corrected chi connectivity index (χ0v) is 7.80. The molecule has 2 aliphatic rings. The molecule has 0 aromatic carbocycles. The Bertz CT molecular complexity index is 210. The van der Waals surface area contributed by atoms with Gasteiger partial charge in [-0.25, -0.2) is 0 Å². The normalized spacial score (nSPS) is 47.8. The van der Waals surface area contributed by atoms with Crippen LogP contribution in [0.2, 0.25) is 0 Å². The first-order valence-electron chi connectivity index (χ1n) is 4.74. The molecule has 0 aromatic rings. The lowest BCUT2D eigenvalue weighted by Crippen LogP contribution is -2.33. The minimum absolute atomic E-state index is 0.00958. The van der Waals surface area contributed by atoms with Crippen molar-refractivity contribution in [1.82, 2.24) is 0 Å². The van der Waals surface area contributed by atoms with Gasteiger partial charge in [-0.15, -0.1) is 0 Å². The quantitative estimate of drug-likeness (QED) is 0.589. The highest BCUT2D eigenvalue weighted by atomic mass is 16.5. The van der Waals surface area contributed by atoms with E-state index in [1.165, 1.54) is 12.8 Å². The fourth-order valence-electron chi connectivity index (χ4n) is 2.20. The van der Waals surface area contributed by atoms with Gasteiger partial charge in [-0.1, -0.05) is 0 Å². The molecule has 68 valence electrons. The average Bonchev–Trinajstić information content (AvgIpc) is 2.81. The predicted octanol–water partition coefficient (Wildman–Crippen LogP) is 1.92. The van der Waals surface area contributed by atoms with Crippen LogP contribution >= 0.6 is 0 Å². The van der Waals surface area contributed by atoms with Gasteiger partial charge in [-0.3, -0.25) is 0 Å². The molecule has 2 fully saturated rings. The SMILES string of the molecule is CC1(C=O)CCC(C)(C2CC2)O1. The number of hydrogen-bond donors (Lipinski definition) is 0. The maximum atomic E-state index is 10.7. The van der Waals surface area contributed by atoms with E-state index in [0.29, 0.717) is 0 Å². The van der Waals surface area contributed by atoms with Crippen LogP contribution in [0.25, 0.3) is 0 Å². The predicted molar refractivity (Wildman–Crippen MR) is 45.9 cm³/mol. The molecule has 0 spiro atoms. The lowest BCUT2D eigenvalue weighted by molar-refractivity contribution is -0.138. The lowest BCUT2D eigenvalue weighted by Gasteiger charge is -2.26. The highest BCUT2D eigenvalue weighted by Crippen LogP contribution is 2.50. The van der Waals surface area contributed by atoms with Crippen molar-refractivity contribution < 1.29 is 9.53 Å². The average molecular weight is 168 g/mol. The first-order chi connectivity index (χ1) is 5.58. The number of ether oxygens (including phenoxy) is 1. The summed E-state index contributed by atoms with van der Waals surface area (Å²) in [5.41, 5.74) is -0.479. The number of carbonyl (C=O) groups excluding carboxylic acids is 1. The van der Waals surface area contributed by atoms with E-state index in [9.17, 15) is 4.79 Å². The molecule has 2 rings (SSSR count). The Balaban J connectivity index is 2.09. The first-order valence-corrected chi connectivity index (χ1v) is 4.74. The summed E-state index contributed by atoms with van der Waals surface area (Å²) in [5, 5.41) is 0. The van der Waals surface area contributed by atoms with E-state index in [4.69, 9.17) is 4.74 Å². The smallest absolute Gasteiger partial charge is 0.151 e. The molecular weight excluding hydrogens is 152 g/mol. The van der Waals surface area contributed by atoms with Gasteiger partial charge < -0.3 is 9.53 Å². The second kappa shape index (κ2) is 2.32. The molecule has 1 aliphatic heterocycles. The molecule has 1 saturated heterocycles. The molecule has 2 atom stereocenters. The van der Waals surface area contributed by atoms with Gasteiger partial charge in [0.1, 0.15) is 5.60 Å². The first kappa shape index (κ1) is 8.24. The van der Waals surface area contributed by atoms with Crippen LogP contribution in [0, 0.1) is 5.92 Å². The molecule has 1 aliphatic carbocycles. The third-order valence-corrected chi connectivity index (χ3v) is 3.27. The summed E-state index contributed by atoms with van der Waals surface area (Å²) < 4.78 is 5.84. The molecular formula is C10H16O2. The van der Waals surface area contributed by atoms with Crippen LogP contribution in [-0.4, -0.2) is 17.5 Å². The summed E-state index contributed by atoms with van der Waals surface area (Å²) in [6.07, 6.45) is 5.47. The fourth-order valence-corrected chi connectivity index (χ4v) is 2.20. The Hall–Kier alpha value is -0.370. The molecule has 0 bridgehead atoms. The Kier molecular flexibility index (Phi) is 1.59. The molecule has 2 unspecified atom stereocenters. The van der Waals surface area contributed by atoms with Crippen molar-refractivity contribution in [2.45, 2.75) is 50.7 Å². The van der Waals surface area contributed by atoms with Gasteiger partial charge in [0, 0.05) is 0 Å². The molecule has 0 radical (unpaired) electrons. The van der Waals surface area contributed by atoms with Crippen LogP contribution < -0.4 is 0 Å². The molecule has 0 aromatic heterocycles. The van der Waals surface area contributed by atoms with Crippen molar-refractivity contribution in [3.05, 3.63) is 0 Å². The third-order valence-electron chi connectivity index (χ3n) is 3.27. The molecule has 1 heterocycles. The summed E-state index contributed by atoms with van der Waals surface area (Å²) in [6, 6.07) is 0. The van der Waals surface area contributed by atoms with Crippen LogP contribution in [0.4, 0.5) is 0 Å². The van der Waals surface area contributed by atoms with E-state index in [1.54, 1.807) is 0 Å². The van der Waals surface area contributed by atoms with Crippen LogP contribution in [0.3, 0.4) is 0 Å². The monoisotopic (exact) mass is 168 g/mol. The second-order valence-corrected chi connectivity index (χ2v) is 4.62. The van der Waals surface area contributed by atoms with E-state index in [0.717, 1.165) is 25.0 Å². The van der Waals surface area contributed by atoms with Crippen LogP contribution in [0.5, 0.6) is 0 Å². The van der Waals surface area contributed by atoms with E-state index in [1.807, 2.05) is 6.92 Å². The molecule has 2 nitrogen and oxygen atoms in total. The summed E-state index contributed by atoms with van der Waals surface area (Å²) in [7, 11) is 0. The molecule has 0 N–H and O–H groups in total. The number of hydrogen-bond acceptors (Lipinski definition) is 2. The van der Waals surface area contributed by atoms with Gasteiger partial charge in [-0.2, -0.15) is 0 Å². The van der Waals surface area contributed by atoms with Crippen molar-refractivity contribution >= 4 is 6.29 Å². The number of carbonyl (C=O) groups is 1. The van der Waals surface area contributed by atoms with Gasteiger partial charge >= 0.3 is 0 Å². The van der Waals surface area contributed by atoms with E-state index >= 15 is 0 Å². The van der Waals surface area contributed by atoms with Gasteiger partial charge in [0.2, 0.25) is 0 Å². The lowest BCUT2D eigenvalue weighted by atomic mass is 9.95. The molecule has 2 heteroatoms. The Morgan fingerprint density at radius 2 is 2.00 bits per heavy atom. The highest BCUT2D eigenvalue weighted by Gasteiger charge is 2.51. The minimum Gasteiger partial charge on any atom is -0.361 e.